The standard InChI is InChI=1S/C15H21N3O2.ClH/c1-3-10-17-15(20)12-6-8-13(9-7-12)18-14(19)5-4-11-16-2;/h3,6-9,16H,1,4-5,10-11H2,2H3,(H,17,20)(H,18,19);1H. The molecule has 1 aromatic rings. The largest absolute Gasteiger partial charge is 0.349 e. The molecule has 0 radical (unpaired) electrons. The summed E-state index contributed by atoms with van der Waals surface area (Å²) in [7, 11) is 1.86. The van der Waals surface area contributed by atoms with Crippen molar-refractivity contribution in [1.29, 1.82) is 0 Å². The summed E-state index contributed by atoms with van der Waals surface area (Å²) in [6.45, 7) is 4.79. The molecule has 3 N–H and O–H groups in total. The van der Waals surface area contributed by atoms with Crippen LogP contribution in [0, 0.1) is 0 Å². The minimum absolute atomic E-state index is 0. The fraction of sp³-hybridized carbons (Fsp3) is 0.333. The highest BCUT2D eigenvalue weighted by atomic mass is 35.5. The monoisotopic (exact) mass is 311 g/mol. The van der Waals surface area contributed by atoms with E-state index in [0.29, 0.717) is 24.2 Å². The first-order chi connectivity index (χ1) is 9.67. The molecule has 0 saturated carbocycles. The van der Waals surface area contributed by atoms with Gasteiger partial charge in [-0.25, -0.2) is 0 Å². The topological polar surface area (TPSA) is 70.2 Å². The first-order valence-corrected chi connectivity index (χ1v) is 6.61. The molecule has 1 aromatic carbocycles. The van der Waals surface area contributed by atoms with Crippen molar-refractivity contribution in [3.8, 4) is 0 Å². The SMILES string of the molecule is C=CCNC(=O)c1ccc(NC(=O)CCCNC)cc1.Cl. The van der Waals surface area contributed by atoms with Crippen molar-refractivity contribution in [2.45, 2.75) is 12.8 Å². The van der Waals surface area contributed by atoms with Gasteiger partial charge in [-0.05, 0) is 44.3 Å². The second kappa shape index (κ2) is 10.9. The second-order valence-corrected chi connectivity index (χ2v) is 4.33. The Morgan fingerprint density at radius 1 is 1.24 bits per heavy atom. The van der Waals surface area contributed by atoms with Crippen molar-refractivity contribution in [1.82, 2.24) is 10.6 Å². The third-order valence-corrected chi connectivity index (χ3v) is 2.67. The van der Waals surface area contributed by atoms with Crippen LogP contribution in [-0.4, -0.2) is 32.0 Å². The molecule has 2 amide bonds. The Morgan fingerprint density at radius 2 is 1.90 bits per heavy atom. The van der Waals surface area contributed by atoms with E-state index in [4.69, 9.17) is 0 Å². The number of hydrogen-bond acceptors (Lipinski definition) is 3. The lowest BCUT2D eigenvalue weighted by Crippen LogP contribution is -2.23. The summed E-state index contributed by atoms with van der Waals surface area (Å²) in [5, 5.41) is 8.48. The lowest BCUT2D eigenvalue weighted by atomic mass is 10.2. The number of amides is 2. The zero-order valence-electron chi connectivity index (χ0n) is 12.1. The Labute approximate surface area is 131 Å². The van der Waals surface area contributed by atoms with Gasteiger partial charge in [0.05, 0.1) is 0 Å². The van der Waals surface area contributed by atoms with E-state index in [1.54, 1.807) is 30.3 Å². The predicted molar refractivity (Wildman–Crippen MR) is 88.0 cm³/mol. The van der Waals surface area contributed by atoms with E-state index in [2.05, 4.69) is 22.5 Å². The maximum atomic E-state index is 11.7. The van der Waals surface area contributed by atoms with E-state index >= 15 is 0 Å². The summed E-state index contributed by atoms with van der Waals surface area (Å²) in [4.78, 5) is 23.3. The average molecular weight is 312 g/mol. The minimum Gasteiger partial charge on any atom is -0.349 e. The molecule has 1 rings (SSSR count). The molecule has 0 bridgehead atoms. The van der Waals surface area contributed by atoms with Crippen molar-refractivity contribution < 1.29 is 9.59 Å². The highest BCUT2D eigenvalue weighted by molar-refractivity contribution is 5.95. The van der Waals surface area contributed by atoms with Gasteiger partial charge in [0.15, 0.2) is 0 Å². The molecular weight excluding hydrogens is 290 g/mol. The van der Waals surface area contributed by atoms with Crippen LogP contribution in [0.5, 0.6) is 0 Å². The number of carbonyl (C=O) groups excluding carboxylic acids is 2. The first-order valence-electron chi connectivity index (χ1n) is 6.61. The molecule has 0 heterocycles. The van der Waals surface area contributed by atoms with Crippen molar-refractivity contribution in [3.05, 3.63) is 42.5 Å². The summed E-state index contributed by atoms with van der Waals surface area (Å²) in [6.07, 6.45) is 2.89. The molecule has 116 valence electrons. The van der Waals surface area contributed by atoms with Crippen LogP contribution in [0.25, 0.3) is 0 Å². The van der Waals surface area contributed by atoms with Crippen LogP contribution in [-0.2, 0) is 4.79 Å². The molecule has 6 heteroatoms. The average Bonchev–Trinajstić information content (AvgIpc) is 2.46. The lowest BCUT2D eigenvalue weighted by Gasteiger charge is -2.06. The second-order valence-electron chi connectivity index (χ2n) is 4.33. The molecule has 5 nitrogen and oxygen atoms in total. The van der Waals surface area contributed by atoms with Gasteiger partial charge in [0.1, 0.15) is 0 Å². The normalized spacial score (nSPS) is 9.38. The molecule has 0 fully saturated rings. The van der Waals surface area contributed by atoms with Crippen LogP contribution in [0.4, 0.5) is 5.69 Å². The lowest BCUT2D eigenvalue weighted by molar-refractivity contribution is -0.116. The highest BCUT2D eigenvalue weighted by Crippen LogP contribution is 2.10. The first kappa shape index (κ1) is 19.1. The number of benzene rings is 1. The quantitative estimate of drug-likeness (QED) is 0.508. The molecule has 0 aromatic heterocycles. The summed E-state index contributed by atoms with van der Waals surface area (Å²) in [5.41, 5.74) is 1.25. The van der Waals surface area contributed by atoms with E-state index in [9.17, 15) is 9.59 Å². The van der Waals surface area contributed by atoms with Crippen molar-refractivity contribution in [2.24, 2.45) is 0 Å². The molecule has 0 unspecified atom stereocenters. The van der Waals surface area contributed by atoms with Crippen LogP contribution >= 0.6 is 12.4 Å². The van der Waals surface area contributed by atoms with E-state index in [1.807, 2.05) is 7.05 Å². The Morgan fingerprint density at radius 3 is 2.48 bits per heavy atom. The van der Waals surface area contributed by atoms with E-state index in [1.165, 1.54) is 0 Å². The van der Waals surface area contributed by atoms with Crippen molar-refractivity contribution in [3.63, 3.8) is 0 Å². The predicted octanol–water partition coefficient (Wildman–Crippen LogP) is 1.96. The third-order valence-electron chi connectivity index (χ3n) is 2.67. The summed E-state index contributed by atoms with van der Waals surface area (Å²) >= 11 is 0. The number of carbonyl (C=O) groups is 2. The van der Waals surface area contributed by atoms with Gasteiger partial charge in [0.25, 0.3) is 5.91 Å². The third kappa shape index (κ3) is 7.48. The van der Waals surface area contributed by atoms with Crippen LogP contribution in [0.15, 0.2) is 36.9 Å². The highest BCUT2D eigenvalue weighted by Gasteiger charge is 2.05. The maximum absolute atomic E-state index is 11.7. The van der Waals surface area contributed by atoms with Gasteiger partial charge in [-0.3, -0.25) is 9.59 Å². The Balaban J connectivity index is 0.00000400. The van der Waals surface area contributed by atoms with Crippen LogP contribution in [0.3, 0.4) is 0 Å². The molecule has 21 heavy (non-hydrogen) atoms. The molecule has 0 spiro atoms. The van der Waals surface area contributed by atoms with Gasteiger partial charge in [-0.1, -0.05) is 6.08 Å². The Kier molecular flexibility index (Phi) is 9.92. The molecule has 0 aliphatic heterocycles. The molecule has 0 aliphatic carbocycles. The summed E-state index contributed by atoms with van der Waals surface area (Å²) in [5.74, 6) is -0.180. The molecule has 0 saturated heterocycles. The number of anilines is 1. The van der Waals surface area contributed by atoms with Crippen molar-refractivity contribution in [2.75, 3.05) is 25.5 Å². The van der Waals surface area contributed by atoms with Gasteiger partial charge in [-0.15, -0.1) is 19.0 Å². The summed E-state index contributed by atoms with van der Waals surface area (Å²) in [6, 6.07) is 6.81. The van der Waals surface area contributed by atoms with Crippen LogP contribution < -0.4 is 16.0 Å². The van der Waals surface area contributed by atoms with Gasteiger partial charge >= 0.3 is 0 Å². The fourth-order valence-corrected chi connectivity index (χ4v) is 1.62. The minimum atomic E-state index is -0.156. The Bertz CT molecular complexity index is 460. The van der Waals surface area contributed by atoms with Gasteiger partial charge in [-0.2, -0.15) is 0 Å². The maximum Gasteiger partial charge on any atom is 0.251 e. The van der Waals surface area contributed by atoms with Crippen LogP contribution in [0.1, 0.15) is 23.2 Å². The Hall–Kier alpha value is -1.85. The number of nitrogens with one attached hydrogen (secondary N) is 3. The van der Waals surface area contributed by atoms with Gasteiger partial charge < -0.3 is 16.0 Å². The van der Waals surface area contributed by atoms with Gasteiger partial charge in [0.2, 0.25) is 5.91 Å². The number of rotatable bonds is 8. The number of halogens is 1. The zero-order valence-corrected chi connectivity index (χ0v) is 13.0. The number of hydrogen-bond donors (Lipinski definition) is 3. The smallest absolute Gasteiger partial charge is 0.251 e. The summed E-state index contributed by atoms with van der Waals surface area (Å²) < 4.78 is 0. The van der Waals surface area contributed by atoms with Crippen LogP contribution in [0.2, 0.25) is 0 Å². The fourth-order valence-electron chi connectivity index (χ4n) is 1.62. The van der Waals surface area contributed by atoms with Gasteiger partial charge in [0, 0.05) is 24.2 Å². The van der Waals surface area contributed by atoms with E-state index < -0.39 is 0 Å². The molecule has 0 atom stereocenters. The molecule has 0 aliphatic rings. The van der Waals surface area contributed by atoms with E-state index in [-0.39, 0.29) is 24.2 Å². The molecular formula is C15H22ClN3O2. The zero-order chi connectivity index (χ0) is 14.8. The van der Waals surface area contributed by atoms with Crippen molar-refractivity contribution >= 4 is 29.9 Å². The van der Waals surface area contributed by atoms with E-state index in [0.717, 1.165) is 13.0 Å².